The molecule has 0 bridgehead atoms. The highest BCUT2D eigenvalue weighted by Gasteiger charge is 2.14. The van der Waals surface area contributed by atoms with Crippen molar-refractivity contribution in [2.75, 3.05) is 0 Å². The van der Waals surface area contributed by atoms with Gasteiger partial charge in [-0.1, -0.05) is 18.5 Å². The van der Waals surface area contributed by atoms with Crippen molar-refractivity contribution in [3.8, 4) is 0 Å². The topological polar surface area (TPSA) is 50.2 Å². The van der Waals surface area contributed by atoms with Crippen LogP contribution in [0.2, 0.25) is 5.15 Å². The molecule has 1 rings (SSSR count). The van der Waals surface area contributed by atoms with Gasteiger partial charge in [0.2, 0.25) is 0 Å². The lowest BCUT2D eigenvalue weighted by Gasteiger charge is -1.85. The maximum Gasteiger partial charge on any atom is 0.349 e. The van der Waals surface area contributed by atoms with Gasteiger partial charge in [-0.2, -0.15) is 0 Å². The van der Waals surface area contributed by atoms with Crippen LogP contribution >= 0.6 is 22.9 Å². The highest BCUT2D eigenvalue weighted by atomic mass is 35.5. The van der Waals surface area contributed by atoms with Crippen LogP contribution in [0.1, 0.15) is 28.0 Å². The SMILES string of the molecule is CCCc1nc(Cl)c(C(=O)O)s1. The lowest BCUT2D eigenvalue weighted by molar-refractivity contribution is 0.0702. The predicted octanol–water partition coefficient (Wildman–Crippen LogP) is 2.45. The van der Waals surface area contributed by atoms with Gasteiger partial charge in [-0.3, -0.25) is 0 Å². The van der Waals surface area contributed by atoms with Crippen molar-refractivity contribution in [1.82, 2.24) is 4.98 Å². The number of aryl methyl sites for hydroxylation is 1. The molecule has 5 heteroatoms. The first kappa shape index (κ1) is 9.48. The average molecular weight is 206 g/mol. The van der Waals surface area contributed by atoms with E-state index in [0.717, 1.165) is 29.2 Å². The zero-order valence-electron chi connectivity index (χ0n) is 6.50. The summed E-state index contributed by atoms with van der Waals surface area (Å²) in [6.07, 6.45) is 1.74. The summed E-state index contributed by atoms with van der Waals surface area (Å²) in [7, 11) is 0. The minimum atomic E-state index is -1.00. The molecule has 1 heterocycles. The number of nitrogens with zero attached hydrogens (tertiary/aromatic N) is 1. The quantitative estimate of drug-likeness (QED) is 0.825. The number of thiazole rings is 1. The minimum Gasteiger partial charge on any atom is -0.477 e. The van der Waals surface area contributed by atoms with E-state index in [0.29, 0.717) is 0 Å². The third-order valence-electron chi connectivity index (χ3n) is 1.29. The molecule has 0 amide bonds. The van der Waals surface area contributed by atoms with Crippen LogP contribution < -0.4 is 0 Å². The maximum atomic E-state index is 10.5. The normalized spacial score (nSPS) is 10.2. The second-order valence-electron chi connectivity index (χ2n) is 2.28. The zero-order chi connectivity index (χ0) is 9.14. The molecule has 0 fully saturated rings. The van der Waals surface area contributed by atoms with Crippen molar-refractivity contribution in [3.05, 3.63) is 15.0 Å². The minimum absolute atomic E-state index is 0.107. The van der Waals surface area contributed by atoms with Crippen molar-refractivity contribution in [3.63, 3.8) is 0 Å². The van der Waals surface area contributed by atoms with Crippen LogP contribution in [0, 0.1) is 0 Å². The van der Waals surface area contributed by atoms with Crippen molar-refractivity contribution < 1.29 is 9.90 Å². The van der Waals surface area contributed by atoms with E-state index >= 15 is 0 Å². The van der Waals surface area contributed by atoms with Crippen LogP contribution in [0.25, 0.3) is 0 Å². The van der Waals surface area contributed by atoms with Crippen LogP contribution in [-0.4, -0.2) is 16.1 Å². The van der Waals surface area contributed by atoms with E-state index in [9.17, 15) is 4.79 Å². The van der Waals surface area contributed by atoms with Crippen molar-refractivity contribution in [1.29, 1.82) is 0 Å². The molecule has 0 saturated heterocycles. The molecule has 1 N–H and O–H groups in total. The van der Waals surface area contributed by atoms with E-state index in [2.05, 4.69) is 4.98 Å². The Morgan fingerprint density at radius 1 is 1.75 bits per heavy atom. The van der Waals surface area contributed by atoms with Gasteiger partial charge in [0.15, 0.2) is 10.0 Å². The molecule has 0 unspecified atom stereocenters. The van der Waals surface area contributed by atoms with Gasteiger partial charge in [0.1, 0.15) is 0 Å². The molecule has 0 atom stereocenters. The second-order valence-corrected chi connectivity index (χ2v) is 3.72. The molecule has 0 spiro atoms. The molecular weight excluding hydrogens is 198 g/mol. The number of carboxylic acid groups (broad SMARTS) is 1. The number of halogens is 1. The largest absolute Gasteiger partial charge is 0.477 e. The van der Waals surface area contributed by atoms with Gasteiger partial charge in [0.05, 0.1) is 5.01 Å². The van der Waals surface area contributed by atoms with Crippen LogP contribution in [-0.2, 0) is 6.42 Å². The fraction of sp³-hybridized carbons (Fsp3) is 0.429. The summed E-state index contributed by atoms with van der Waals surface area (Å²) in [5.74, 6) is -1.00. The maximum absolute atomic E-state index is 10.5. The number of carbonyl (C=O) groups is 1. The van der Waals surface area contributed by atoms with E-state index in [1.807, 2.05) is 6.92 Å². The molecule has 0 aliphatic rings. The summed E-state index contributed by atoms with van der Waals surface area (Å²) >= 11 is 6.74. The molecular formula is C7H8ClNO2S. The van der Waals surface area contributed by atoms with E-state index in [-0.39, 0.29) is 10.0 Å². The molecule has 0 aliphatic heterocycles. The Hall–Kier alpha value is -0.610. The molecule has 0 radical (unpaired) electrons. The molecule has 3 nitrogen and oxygen atoms in total. The molecule has 12 heavy (non-hydrogen) atoms. The summed E-state index contributed by atoms with van der Waals surface area (Å²) in [6.45, 7) is 2.01. The van der Waals surface area contributed by atoms with Gasteiger partial charge in [0, 0.05) is 0 Å². The Bertz CT molecular complexity index is 298. The Balaban J connectivity index is 2.92. The van der Waals surface area contributed by atoms with Gasteiger partial charge in [-0.05, 0) is 12.8 Å². The molecule has 0 aromatic carbocycles. The van der Waals surface area contributed by atoms with E-state index < -0.39 is 5.97 Å². The lowest BCUT2D eigenvalue weighted by Crippen LogP contribution is -1.91. The monoisotopic (exact) mass is 205 g/mol. The third kappa shape index (κ3) is 1.95. The summed E-state index contributed by atoms with van der Waals surface area (Å²) in [5.41, 5.74) is 0. The van der Waals surface area contributed by atoms with Gasteiger partial charge in [0.25, 0.3) is 0 Å². The molecule has 66 valence electrons. The van der Waals surface area contributed by atoms with Crippen LogP contribution in [0.4, 0.5) is 0 Å². The van der Waals surface area contributed by atoms with Crippen LogP contribution in [0.15, 0.2) is 0 Å². The molecule has 0 saturated carbocycles. The number of hydrogen-bond donors (Lipinski definition) is 1. The van der Waals surface area contributed by atoms with E-state index in [1.165, 1.54) is 0 Å². The van der Waals surface area contributed by atoms with Gasteiger partial charge in [-0.25, -0.2) is 9.78 Å². The number of aromatic nitrogens is 1. The van der Waals surface area contributed by atoms with Crippen LogP contribution in [0.5, 0.6) is 0 Å². The Morgan fingerprint density at radius 3 is 2.83 bits per heavy atom. The first-order chi connectivity index (χ1) is 5.65. The molecule has 1 aromatic rings. The smallest absolute Gasteiger partial charge is 0.349 e. The van der Waals surface area contributed by atoms with Gasteiger partial charge in [-0.15, -0.1) is 11.3 Å². The zero-order valence-corrected chi connectivity index (χ0v) is 8.08. The fourth-order valence-electron chi connectivity index (χ4n) is 0.796. The van der Waals surface area contributed by atoms with E-state index in [1.54, 1.807) is 0 Å². The van der Waals surface area contributed by atoms with Gasteiger partial charge < -0.3 is 5.11 Å². The highest BCUT2D eigenvalue weighted by molar-refractivity contribution is 7.14. The summed E-state index contributed by atoms with van der Waals surface area (Å²) in [5, 5.41) is 9.53. The third-order valence-corrected chi connectivity index (χ3v) is 2.78. The highest BCUT2D eigenvalue weighted by Crippen LogP contribution is 2.23. The molecule has 0 aliphatic carbocycles. The Morgan fingerprint density at radius 2 is 2.42 bits per heavy atom. The van der Waals surface area contributed by atoms with Crippen molar-refractivity contribution in [2.24, 2.45) is 0 Å². The fourth-order valence-corrected chi connectivity index (χ4v) is 2.04. The van der Waals surface area contributed by atoms with Crippen molar-refractivity contribution in [2.45, 2.75) is 19.8 Å². The Kier molecular flexibility index (Phi) is 3.05. The van der Waals surface area contributed by atoms with E-state index in [4.69, 9.17) is 16.7 Å². The second kappa shape index (κ2) is 3.87. The van der Waals surface area contributed by atoms with Crippen molar-refractivity contribution >= 4 is 28.9 Å². The lowest BCUT2D eigenvalue weighted by atomic mass is 10.4. The number of hydrogen-bond acceptors (Lipinski definition) is 3. The first-order valence-corrected chi connectivity index (χ1v) is 4.73. The molecule has 1 aromatic heterocycles. The first-order valence-electron chi connectivity index (χ1n) is 3.53. The summed E-state index contributed by atoms with van der Waals surface area (Å²) in [4.78, 5) is 14.6. The summed E-state index contributed by atoms with van der Waals surface area (Å²) in [6, 6.07) is 0. The number of rotatable bonds is 3. The Labute approximate surface area is 79.0 Å². The van der Waals surface area contributed by atoms with Crippen LogP contribution in [0.3, 0.4) is 0 Å². The van der Waals surface area contributed by atoms with Gasteiger partial charge >= 0.3 is 5.97 Å². The number of aromatic carboxylic acids is 1. The average Bonchev–Trinajstić information content (AvgIpc) is 2.32. The summed E-state index contributed by atoms with van der Waals surface area (Å²) < 4.78 is 0. The standard InChI is InChI=1S/C7H8ClNO2S/c1-2-3-4-9-6(8)5(12-4)7(10)11/h2-3H2,1H3,(H,10,11). The predicted molar refractivity (Wildman–Crippen MR) is 48.1 cm³/mol. The number of carboxylic acids is 1.